The van der Waals surface area contributed by atoms with Crippen LogP contribution in [0.1, 0.15) is 0 Å². The maximum atomic E-state index is 5.96. The number of ether oxygens (including phenoxy) is 2. The second-order valence-electron chi connectivity index (χ2n) is 6.59. The van der Waals surface area contributed by atoms with Gasteiger partial charge in [-0.15, -0.1) is 0 Å². The molecule has 2 heterocycles. The lowest BCUT2D eigenvalue weighted by molar-refractivity contribution is 0.236. The largest absolute Gasteiger partial charge is 0.473 e. The first-order valence-electron chi connectivity index (χ1n) is 9.42. The molecular weight excluding hydrogens is 471 g/mol. The van der Waals surface area contributed by atoms with Gasteiger partial charge < -0.3 is 29.2 Å². The van der Waals surface area contributed by atoms with Gasteiger partial charge in [0.05, 0.1) is 25.0 Å². The van der Waals surface area contributed by atoms with Gasteiger partial charge in [-0.3, -0.25) is 0 Å². The van der Waals surface area contributed by atoms with E-state index in [0.717, 1.165) is 0 Å². The zero-order valence-electron chi connectivity index (χ0n) is 16.6. The molecule has 0 atom stereocenters. The number of hydrogen-bond donors (Lipinski definition) is 2. The van der Waals surface area contributed by atoms with Gasteiger partial charge in [0, 0.05) is 10.0 Å². The third-order valence-electron chi connectivity index (χ3n) is 4.10. The summed E-state index contributed by atoms with van der Waals surface area (Å²) in [5, 5.41) is 7.60. The highest BCUT2D eigenvalue weighted by Gasteiger charge is 2.06. The third kappa shape index (κ3) is 6.36. The topological polar surface area (TPSA) is 78.2 Å². The maximum absolute atomic E-state index is 5.96. The van der Waals surface area contributed by atoms with Crippen LogP contribution in [0, 0.1) is 0 Å². The molecule has 0 bridgehead atoms. The van der Waals surface area contributed by atoms with Gasteiger partial charge in [-0.05, 0) is 48.6 Å². The summed E-state index contributed by atoms with van der Waals surface area (Å²) in [7, 11) is 0. The lowest BCUT2D eigenvalue weighted by Crippen LogP contribution is -2.19. The molecule has 2 aromatic carbocycles. The fourth-order valence-corrected chi connectivity index (χ4v) is 3.24. The summed E-state index contributed by atoms with van der Waals surface area (Å²) in [5.41, 5.74) is 0. The number of aromatic nitrogens is 4. The lowest BCUT2D eigenvalue weighted by Gasteiger charge is -2.07. The van der Waals surface area contributed by atoms with Crippen LogP contribution in [-0.2, 0) is 13.5 Å². The molecule has 2 aromatic heterocycles. The van der Waals surface area contributed by atoms with Crippen molar-refractivity contribution >= 4 is 52.2 Å². The first-order chi connectivity index (χ1) is 15.5. The number of nitrogens with one attached hydrogen (secondary N) is 2. The number of nitrogens with zero attached hydrogens (tertiary/aromatic N) is 4. The highest BCUT2D eigenvalue weighted by Crippen LogP contribution is 2.19. The minimum atomic E-state index is 0.284. The first-order valence-corrected chi connectivity index (χ1v) is 10.6. The van der Waals surface area contributed by atoms with Gasteiger partial charge in [0.1, 0.15) is 23.1 Å². The molecule has 0 spiro atoms. The Balaban J connectivity index is 1.24. The number of thiocarbonyl (C=S) groups is 1. The lowest BCUT2D eigenvalue weighted by atomic mass is 10.3. The van der Waals surface area contributed by atoms with Gasteiger partial charge >= 0.3 is 0 Å². The van der Waals surface area contributed by atoms with Crippen molar-refractivity contribution < 1.29 is 9.47 Å². The molecule has 4 aromatic rings. The Bertz CT molecular complexity index is 1120. The number of imidazole rings is 2. The quantitative estimate of drug-likeness (QED) is 0.327. The predicted molar refractivity (Wildman–Crippen MR) is 128 cm³/mol. The molecule has 164 valence electrons. The number of benzene rings is 2. The Morgan fingerprint density at radius 2 is 1.28 bits per heavy atom. The monoisotopic (exact) mass is 488 g/mol. The Morgan fingerprint density at radius 3 is 1.72 bits per heavy atom. The average Bonchev–Trinajstić information content (AvgIpc) is 3.40. The number of halogens is 2. The Morgan fingerprint density at radius 1 is 0.812 bits per heavy atom. The molecule has 0 aliphatic heterocycles. The fourth-order valence-electron chi connectivity index (χ4n) is 2.67. The van der Waals surface area contributed by atoms with Crippen LogP contribution in [-0.4, -0.2) is 24.2 Å². The predicted octanol–water partition coefficient (Wildman–Crippen LogP) is 5.27. The van der Waals surface area contributed by atoms with E-state index in [1.54, 1.807) is 58.4 Å². The van der Waals surface area contributed by atoms with Crippen LogP contribution in [0.5, 0.6) is 11.5 Å². The van der Waals surface area contributed by atoms with Gasteiger partial charge in [-0.25, -0.2) is 9.97 Å². The highest BCUT2D eigenvalue weighted by atomic mass is 35.5. The van der Waals surface area contributed by atoms with Crippen LogP contribution in [0.15, 0.2) is 73.6 Å². The van der Waals surface area contributed by atoms with Gasteiger partial charge in [-0.1, -0.05) is 35.3 Å². The summed E-state index contributed by atoms with van der Waals surface area (Å²) in [6.45, 7) is 0.568. The summed E-state index contributed by atoms with van der Waals surface area (Å²) in [6, 6.07) is 14.4. The van der Waals surface area contributed by atoms with Crippen molar-refractivity contribution in [1.82, 2.24) is 19.1 Å². The SMILES string of the molecule is S=C(Nc1cn(COc2cccc(Cl)c2)cn1)Nc1cn(COc2cccc(Cl)c2)cn1. The van der Waals surface area contributed by atoms with Crippen LogP contribution >= 0.6 is 35.4 Å². The van der Waals surface area contributed by atoms with E-state index in [0.29, 0.717) is 38.3 Å². The van der Waals surface area contributed by atoms with Gasteiger partial charge in [0.15, 0.2) is 18.6 Å². The van der Waals surface area contributed by atoms with E-state index < -0.39 is 0 Å². The molecule has 4 rings (SSSR count). The maximum Gasteiger partial charge on any atom is 0.177 e. The molecule has 2 N–H and O–H groups in total. The standard InChI is InChI=1S/C21H18Cl2N6O2S/c22-15-3-1-5-17(7-15)30-13-28-9-19(24-11-28)26-21(32)27-20-10-29(12-25-20)14-31-18-6-2-4-16(23)8-18/h1-12H,13-14H2,(H2,26,27,32). The molecule has 0 saturated carbocycles. The first kappa shape index (κ1) is 21.9. The van der Waals surface area contributed by atoms with Crippen molar-refractivity contribution in [2.45, 2.75) is 13.5 Å². The molecule has 0 amide bonds. The Labute approximate surface area is 199 Å². The average molecular weight is 489 g/mol. The number of anilines is 2. The number of hydrogen-bond acceptors (Lipinski definition) is 5. The minimum absolute atomic E-state index is 0.284. The molecule has 32 heavy (non-hydrogen) atoms. The van der Waals surface area contributed by atoms with Crippen molar-refractivity contribution in [2.24, 2.45) is 0 Å². The molecular formula is C21H18Cl2N6O2S. The van der Waals surface area contributed by atoms with Crippen molar-refractivity contribution in [1.29, 1.82) is 0 Å². The van der Waals surface area contributed by atoms with E-state index in [4.69, 9.17) is 44.9 Å². The highest BCUT2D eigenvalue weighted by molar-refractivity contribution is 7.80. The number of rotatable bonds is 8. The van der Waals surface area contributed by atoms with Crippen LogP contribution < -0.4 is 20.1 Å². The smallest absolute Gasteiger partial charge is 0.177 e. The van der Waals surface area contributed by atoms with Crippen LogP contribution in [0.4, 0.5) is 11.6 Å². The van der Waals surface area contributed by atoms with Gasteiger partial charge in [0.25, 0.3) is 0 Å². The van der Waals surface area contributed by atoms with E-state index in [-0.39, 0.29) is 13.5 Å². The van der Waals surface area contributed by atoms with Crippen molar-refractivity contribution in [2.75, 3.05) is 10.6 Å². The normalized spacial score (nSPS) is 10.6. The zero-order valence-corrected chi connectivity index (χ0v) is 18.9. The Hall–Kier alpha value is -3.27. The van der Waals surface area contributed by atoms with Crippen LogP contribution in [0.25, 0.3) is 0 Å². The van der Waals surface area contributed by atoms with Crippen LogP contribution in [0.3, 0.4) is 0 Å². The summed E-state index contributed by atoms with van der Waals surface area (Å²) in [4.78, 5) is 8.53. The molecule has 0 radical (unpaired) electrons. The van der Waals surface area contributed by atoms with Gasteiger partial charge in [-0.2, -0.15) is 0 Å². The second kappa shape index (κ2) is 10.4. The van der Waals surface area contributed by atoms with E-state index in [9.17, 15) is 0 Å². The fraction of sp³-hybridized carbons (Fsp3) is 0.0952. The van der Waals surface area contributed by atoms with E-state index in [2.05, 4.69) is 20.6 Å². The van der Waals surface area contributed by atoms with Crippen molar-refractivity contribution in [3.63, 3.8) is 0 Å². The van der Waals surface area contributed by atoms with Crippen LogP contribution in [0.2, 0.25) is 10.0 Å². The summed E-state index contributed by atoms with van der Waals surface area (Å²) in [5.74, 6) is 2.49. The summed E-state index contributed by atoms with van der Waals surface area (Å²) < 4.78 is 14.9. The van der Waals surface area contributed by atoms with Crippen molar-refractivity contribution in [3.8, 4) is 11.5 Å². The molecule has 0 fully saturated rings. The summed E-state index contributed by atoms with van der Waals surface area (Å²) in [6.07, 6.45) is 6.82. The third-order valence-corrected chi connectivity index (χ3v) is 4.78. The summed E-state index contributed by atoms with van der Waals surface area (Å²) >= 11 is 17.3. The second-order valence-corrected chi connectivity index (χ2v) is 7.87. The molecule has 8 nitrogen and oxygen atoms in total. The molecule has 0 aliphatic carbocycles. The van der Waals surface area contributed by atoms with E-state index >= 15 is 0 Å². The minimum Gasteiger partial charge on any atom is -0.473 e. The molecule has 11 heteroatoms. The Kier molecular flexibility index (Phi) is 7.10. The molecule has 0 saturated heterocycles. The zero-order chi connectivity index (χ0) is 22.3. The molecule has 0 aliphatic rings. The van der Waals surface area contributed by atoms with E-state index in [1.165, 1.54) is 0 Å². The van der Waals surface area contributed by atoms with Crippen molar-refractivity contribution in [3.05, 3.63) is 83.6 Å². The van der Waals surface area contributed by atoms with E-state index in [1.807, 2.05) is 24.3 Å². The molecule has 0 unspecified atom stereocenters. The van der Waals surface area contributed by atoms with Gasteiger partial charge in [0.2, 0.25) is 0 Å².